The predicted octanol–water partition coefficient (Wildman–Crippen LogP) is 0.273. The molecule has 0 bridgehead atoms. The summed E-state index contributed by atoms with van der Waals surface area (Å²) in [5.74, 6) is 0. The van der Waals surface area contributed by atoms with E-state index >= 15 is 0 Å². The molecule has 0 aromatic carbocycles. The molecule has 118 valence electrons. The van der Waals surface area contributed by atoms with Crippen LogP contribution in [0.2, 0.25) is 0 Å². The second-order valence-electron chi connectivity index (χ2n) is 4.44. The van der Waals surface area contributed by atoms with Crippen LogP contribution in [0, 0.1) is 10.1 Å². The number of hydrogen-bond acceptors (Lipinski definition) is 8. The third kappa shape index (κ3) is 2.87. The number of rotatable bonds is 5. The maximum atomic E-state index is 12.5. The van der Waals surface area contributed by atoms with Crippen molar-refractivity contribution in [3.05, 3.63) is 16.2 Å². The quantitative estimate of drug-likeness (QED) is 0.604. The van der Waals surface area contributed by atoms with Gasteiger partial charge in [0.2, 0.25) is 0 Å². The molecule has 0 amide bonds. The Bertz CT molecular complexity index is 631. The summed E-state index contributed by atoms with van der Waals surface area (Å²) in [5, 5.41) is 10.6. The molecule has 2 rings (SSSR count). The number of nitrogens with zero attached hydrogens (tertiary/aromatic N) is 2. The summed E-state index contributed by atoms with van der Waals surface area (Å²) in [4.78, 5) is 10.1. The van der Waals surface area contributed by atoms with Gasteiger partial charge in [0.15, 0.2) is 5.00 Å². The van der Waals surface area contributed by atoms with E-state index in [0.29, 0.717) is 11.3 Å². The second kappa shape index (κ2) is 5.85. The zero-order chi connectivity index (χ0) is 15.8. The Kier molecular flexibility index (Phi) is 4.49. The molecule has 1 aliphatic rings. The highest BCUT2D eigenvalue weighted by Crippen LogP contribution is 2.36. The van der Waals surface area contributed by atoms with E-state index in [1.54, 1.807) is 0 Å². The molecule has 11 heteroatoms. The third-order valence-electron chi connectivity index (χ3n) is 3.30. The molecule has 2 atom stereocenters. The Morgan fingerprint density at radius 1 is 1.38 bits per heavy atom. The molecule has 0 spiro atoms. The second-order valence-corrected chi connectivity index (χ2v) is 7.69. The molecule has 2 unspecified atom stereocenters. The molecule has 0 saturated carbocycles. The Morgan fingerprint density at radius 3 is 2.29 bits per heavy atom. The maximum Gasteiger partial charge on any atom is 0.304 e. The lowest BCUT2D eigenvalue weighted by Gasteiger charge is -2.13. The number of hydrogen-bond donors (Lipinski definition) is 1. The fraction of sp³-hybridized carbons (Fsp3) is 0.600. The monoisotopic (exact) mass is 337 g/mol. The molecule has 1 fully saturated rings. The van der Waals surface area contributed by atoms with Gasteiger partial charge < -0.3 is 15.2 Å². The van der Waals surface area contributed by atoms with Crippen LogP contribution in [0.3, 0.4) is 0 Å². The zero-order valence-electron chi connectivity index (χ0n) is 11.4. The van der Waals surface area contributed by atoms with Gasteiger partial charge >= 0.3 is 5.69 Å². The minimum absolute atomic E-state index is 0.128. The van der Waals surface area contributed by atoms with Gasteiger partial charge in [-0.15, -0.1) is 0 Å². The van der Waals surface area contributed by atoms with Crippen LogP contribution in [0.4, 0.5) is 10.7 Å². The number of anilines is 1. The molecular formula is C10H15N3O6S2. The normalized spacial score (nSPS) is 23.5. The van der Waals surface area contributed by atoms with Gasteiger partial charge in [0.05, 0.1) is 17.1 Å². The van der Waals surface area contributed by atoms with Crippen molar-refractivity contribution < 1.29 is 22.8 Å². The Morgan fingerprint density at radius 2 is 1.90 bits per heavy atom. The van der Waals surface area contributed by atoms with Gasteiger partial charge in [0, 0.05) is 33.4 Å². The molecule has 1 aliphatic heterocycles. The van der Waals surface area contributed by atoms with Crippen LogP contribution in [0.25, 0.3) is 0 Å². The summed E-state index contributed by atoms with van der Waals surface area (Å²) in [6.45, 7) is 0.256. The molecule has 2 heterocycles. The van der Waals surface area contributed by atoms with E-state index in [4.69, 9.17) is 15.2 Å². The lowest BCUT2D eigenvalue weighted by atomic mass is 10.3. The van der Waals surface area contributed by atoms with Crippen LogP contribution in [0.5, 0.6) is 0 Å². The van der Waals surface area contributed by atoms with E-state index in [0.717, 1.165) is 6.07 Å². The van der Waals surface area contributed by atoms with Gasteiger partial charge in [-0.05, 0) is 0 Å². The van der Waals surface area contributed by atoms with Crippen molar-refractivity contribution >= 4 is 32.0 Å². The lowest BCUT2D eigenvalue weighted by molar-refractivity contribution is -0.383. The number of methoxy groups -OCH3 is 2. The van der Waals surface area contributed by atoms with E-state index in [1.807, 2.05) is 0 Å². The third-order valence-corrected chi connectivity index (χ3v) is 6.53. The molecule has 9 nitrogen and oxygen atoms in total. The Hall–Kier alpha value is -1.27. The van der Waals surface area contributed by atoms with Crippen molar-refractivity contribution in [3.63, 3.8) is 0 Å². The lowest BCUT2D eigenvalue weighted by Crippen LogP contribution is -2.29. The maximum absolute atomic E-state index is 12.5. The molecule has 1 aromatic heterocycles. The average molecular weight is 337 g/mol. The van der Waals surface area contributed by atoms with Crippen molar-refractivity contribution in [2.45, 2.75) is 16.4 Å². The summed E-state index contributed by atoms with van der Waals surface area (Å²) in [5.41, 5.74) is 5.09. The summed E-state index contributed by atoms with van der Waals surface area (Å²) < 4.78 is 36.4. The largest absolute Gasteiger partial charge is 0.385 e. The van der Waals surface area contributed by atoms with Crippen LogP contribution in [-0.4, -0.2) is 57.2 Å². The first kappa shape index (κ1) is 16.1. The zero-order valence-corrected chi connectivity index (χ0v) is 13.0. The minimum Gasteiger partial charge on any atom is -0.385 e. The molecular weight excluding hydrogens is 322 g/mol. The van der Waals surface area contributed by atoms with Crippen LogP contribution < -0.4 is 5.73 Å². The highest BCUT2D eigenvalue weighted by atomic mass is 32.2. The summed E-state index contributed by atoms with van der Waals surface area (Å²) in [6, 6.07) is 0.983. The number of sulfonamides is 1. The van der Waals surface area contributed by atoms with Gasteiger partial charge in [-0.2, -0.15) is 4.31 Å². The van der Waals surface area contributed by atoms with Crippen LogP contribution in [-0.2, 0) is 19.5 Å². The number of thiophene rings is 1. The van der Waals surface area contributed by atoms with Crippen molar-refractivity contribution in [3.8, 4) is 0 Å². The van der Waals surface area contributed by atoms with Crippen molar-refractivity contribution in [2.75, 3.05) is 33.0 Å². The topological polar surface area (TPSA) is 125 Å². The highest BCUT2D eigenvalue weighted by Gasteiger charge is 2.41. The van der Waals surface area contributed by atoms with Crippen LogP contribution in [0.1, 0.15) is 0 Å². The molecule has 1 saturated heterocycles. The molecule has 0 aliphatic carbocycles. The summed E-state index contributed by atoms with van der Waals surface area (Å²) in [6.07, 6.45) is -0.755. The fourth-order valence-electron chi connectivity index (χ4n) is 2.13. The fourth-order valence-corrected chi connectivity index (χ4v) is 4.96. The number of nitrogens with two attached hydrogens (primary N) is 1. The van der Waals surface area contributed by atoms with E-state index in [-0.39, 0.29) is 34.5 Å². The van der Waals surface area contributed by atoms with Crippen molar-refractivity contribution in [1.29, 1.82) is 0 Å². The van der Waals surface area contributed by atoms with E-state index in [1.165, 1.54) is 18.5 Å². The van der Waals surface area contributed by atoms with Gasteiger partial charge in [0.1, 0.15) is 4.21 Å². The molecule has 0 radical (unpaired) electrons. The van der Waals surface area contributed by atoms with Crippen molar-refractivity contribution in [1.82, 2.24) is 4.31 Å². The predicted molar refractivity (Wildman–Crippen MR) is 75.7 cm³/mol. The Balaban J connectivity index is 2.31. The van der Waals surface area contributed by atoms with Gasteiger partial charge in [-0.25, -0.2) is 8.42 Å². The first-order valence-electron chi connectivity index (χ1n) is 5.90. The SMILES string of the molecule is COC1CN(S(=O)(=O)c2cc([N+](=O)[O-])c(N)s2)CC1OC. The smallest absolute Gasteiger partial charge is 0.304 e. The molecule has 1 aromatic rings. The number of nitro groups is 1. The number of ether oxygens (including phenoxy) is 2. The molecule has 21 heavy (non-hydrogen) atoms. The Labute approximate surface area is 125 Å². The van der Waals surface area contributed by atoms with E-state index in [2.05, 4.69) is 0 Å². The van der Waals surface area contributed by atoms with E-state index in [9.17, 15) is 18.5 Å². The summed E-state index contributed by atoms with van der Waals surface area (Å²) >= 11 is 0.679. The van der Waals surface area contributed by atoms with Gasteiger partial charge in [-0.3, -0.25) is 10.1 Å². The first-order chi connectivity index (χ1) is 9.81. The highest BCUT2D eigenvalue weighted by molar-refractivity contribution is 7.91. The molecule has 2 N–H and O–H groups in total. The average Bonchev–Trinajstić information content (AvgIpc) is 3.02. The standard InChI is InChI=1S/C10H15N3O6S2/c1-18-7-4-12(5-8(7)19-2)21(16,17)9-3-6(13(14)15)10(11)20-9/h3,7-8H,4-5,11H2,1-2H3. The van der Waals surface area contributed by atoms with Gasteiger partial charge in [-0.1, -0.05) is 11.3 Å². The van der Waals surface area contributed by atoms with Crippen molar-refractivity contribution in [2.24, 2.45) is 0 Å². The van der Waals surface area contributed by atoms with Crippen LogP contribution in [0.15, 0.2) is 10.3 Å². The minimum atomic E-state index is -3.85. The first-order valence-corrected chi connectivity index (χ1v) is 8.16. The van der Waals surface area contributed by atoms with Crippen LogP contribution >= 0.6 is 11.3 Å². The number of nitrogen functional groups attached to an aromatic ring is 1. The van der Waals surface area contributed by atoms with E-state index < -0.39 is 20.6 Å². The summed E-state index contributed by atoms with van der Waals surface area (Å²) in [7, 11) is -0.907. The van der Waals surface area contributed by atoms with Gasteiger partial charge in [0.25, 0.3) is 10.0 Å².